The number of sulfone groups is 1. The third-order valence-electron chi connectivity index (χ3n) is 4.59. The minimum Gasteiger partial charge on any atom is -0.330 e. The van der Waals surface area contributed by atoms with Crippen molar-refractivity contribution in [2.24, 2.45) is 0 Å². The lowest BCUT2D eigenvalue weighted by atomic mass is 10.1. The van der Waals surface area contributed by atoms with Crippen LogP contribution < -0.4 is 0 Å². The van der Waals surface area contributed by atoms with Crippen LogP contribution in [-0.2, 0) is 16.4 Å². The highest BCUT2D eigenvalue weighted by Gasteiger charge is 2.35. The van der Waals surface area contributed by atoms with Crippen LogP contribution in [-0.4, -0.2) is 41.7 Å². The van der Waals surface area contributed by atoms with E-state index >= 15 is 0 Å². The van der Waals surface area contributed by atoms with Crippen molar-refractivity contribution in [2.45, 2.75) is 19.0 Å². The standard InChI is InChI=1S/C18H16Cl2N2O5S/c19-14-4-1-13(17(20)9-14)10-21(16-7-8-28(26,27)11-16)18(23)12-2-5-15(6-3-12)22(24)25/h1-6,9,16H,7-8,10-11H2. The predicted octanol–water partition coefficient (Wildman–Crippen LogP) is 3.73. The van der Waals surface area contributed by atoms with Crippen LogP contribution in [0.5, 0.6) is 0 Å². The Labute approximate surface area is 171 Å². The van der Waals surface area contributed by atoms with Gasteiger partial charge in [-0.3, -0.25) is 14.9 Å². The van der Waals surface area contributed by atoms with Gasteiger partial charge in [0.1, 0.15) is 0 Å². The molecule has 0 aliphatic carbocycles. The van der Waals surface area contributed by atoms with Gasteiger partial charge < -0.3 is 4.90 Å². The molecule has 1 aliphatic rings. The molecule has 1 fully saturated rings. The van der Waals surface area contributed by atoms with Crippen LogP contribution in [0, 0.1) is 10.1 Å². The van der Waals surface area contributed by atoms with Crippen molar-refractivity contribution in [3.05, 3.63) is 73.8 Å². The summed E-state index contributed by atoms with van der Waals surface area (Å²) in [7, 11) is -3.22. The summed E-state index contributed by atoms with van der Waals surface area (Å²) in [5.74, 6) is -0.532. The quantitative estimate of drug-likeness (QED) is 0.518. The van der Waals surface area contributed by atoms with E-state index in [2.05, 4.69) is 0 Å². The Balaban J connectivity index is 1.93. The summed E-state index contributed by atoms with van der Waals surface area (Å²) in [5.41, 5.74) is 0.734. The Morgan fingerprint density at radius 2 is 1.86 bits per heavy atom. The van der Waals surface area contributed by atoms with Gasteiger partial charge in [-0.25, -0.2) is 8.42 Å². The van der Waals surface area contributed by atoms with Gasteiger partial charge >= 0.3 is 0 Å². The van der Waals surface area contributed by atoms with E-state index in [9.17, 15) is 23.3 Å². The maximum Gasteiger partial charge on any atom is 0.269 e. The molecule has 0 radical (unpaired) electrons. The van der Waals surface area contributed by atoms with Crippen molar-refractivity contribution in [3.8, 4) is 0 Å². The molecule has 1 heterocycles. The largest absolute Gasteiger partial charge is 0.330 e. The number of rotatable bonds is 5. The monoisotopic (exact) mass is 442 g/mol. The number of amides is 1. The number of nitrogens with zero attached hydrogens (tertiary/aromatic N) is 2. The first-order valence-electron chi connectivity index (χ1n) is 8.36. The van der Waals surface area contributed by atoms with Crippen LogP contribution in [0.3, 0.4) is 0 Å². The molecule has 0 bridgehead atoms. The molecule has 1 saturated heterocycles. The number of carbonyl (C=O) groups is 1. The number of non-ortho nitro benzene ring substituents is 1. The molecule has 3 rings (SSSR count). The Hall–Kier alpha value is -2.16. The average Bonchev–Trinajstić information content (AvgIpc) is 3.00. The second kappa shape index (κ2) is 8.06. The molecule has 0 spiro atoms. The summed E-state index contributed by atoms with van der Waals surface area (Å²) in [4.78, 5) is 24.8. The Kier molecular flexibility index (Phi) is 5.92. The number of hydrogen-bond donors (Lipinski definition) is 0. The Morgan fingerprint density at radius 1 is 1.18 bits per heavy atom. The van der Waals surface area contributed by atoms with E-state index in [4.69, 9.17) is 23.2 Å². The summed E-state index contributed by atoms with van der Waals surface area (Å²) in [5, 5.41) is 11.6. The van der Waals surface area contributed by atoms with Gasteiger partial charge in [0.2, 0.25) is 0 Å². The van der Waals surface area contributed by atoms with Gasteiger partial charge in [0.15, 0.2) is 9.84 Å². The second-order valence-electron chi connectivity index (χ2n) is 6.53. The van der Waals surface area contributed by atoms with Crippen LogP contribution in [0.25, 0.3) is 0 Å². The predicted molar refractivity (Wildman–Crippen MR) is 106 cm³/mol. The van der Waals surface area contributed by atoms with Crippen molar-refractivity contribution in [1.29, 1.82) is 0 Å². The fourth-order valence-corrected chi connectivity index (χ4v) is 5.31. The highest BCUT2D eigenvalue weighted by Crippen LogP contribution is 2.27. The fourth-order valence-electron chi connectivity index (χ4n) is 3.11. The normalized spacial score (nSPS) is 18.0. The maximum atomic E-state index is 13.1. The molecule has 0 aromatic heterocycles. The molecule has 1 unspecified atom stereocenters. The summed E-state index contributed by atoms with van der Waals surface area (Å²) >= 11 is 12.1. The van der Waals surface area contributed by atoms with Gasteiger partial charge in [-0.15, -0.1) is 0 Å². The number of nitro benzene ring substituents is 1. The van der Waals surface area contributed by atoms with Crippen LogP contribution >= 0.6 is 23.2 Å². The molecular weight excluding hydrogens is 427 g/mol. The number of hydrogen-bond acceptors (Lipinski definition) is 5. The van der Waals surface area contributed by atoms with E-state index in [0.717, 1.165) is 0 Å². The Morgan fingerprint density at radius 3 is 2.39 bits per heavy atom. The third kappa shape index (κ3) is 4.63. The molecule has 148 valence electrons. The van der Waals surface area contributed by atoms with E-state index in [-0.39, 0.29) is 29.3 Å². The van der Waals surface area contributed by atoms with Crippen LogP contribution in [0.1, 0.15) is 22.3 Å². The molecule has 7 nitrogen and oxygen atoms in total. The molecule has 1 atom stereocenters. The highest BCUT2D eigenvalue weighted by molar-refractivity contribution is 7.91. The first-order chi connectivity index (χ1) is 13.2. The molecule has 0 N–H and O–H groups in total. The van der Waals surface area contributed by atoms with E-state index in [0.29, 0.717) is 22.0 Å². The van der Waals surface area contributed by atoms with Gasteiger partial charge in [-0.1, -0.05) is 29.3 Å². The maximum absolute atomic E-state index is 13.1. The summed E-state index contributed by atoms with van der Waals surface area (Å²) < 4.78 is 23.9. The molecule has 2 aromatic rings. The molecule has 1 amide bonds. The lowest BCUT2D eigenvalue weighted by Crippen LogP contribution is -2.40. The summed E-state index contributed by atoms with van der Waals surface area (Å²) in [6.07, 6.45) is 0.326. The number of benzene rings is 2. The molecule has 28 heavy (non-hydrogen) atoms. The van der Waals surface area contributed by atoms with E-state index in [1.54, 1.807) is 18.2 Å². The van der Waals surface area contributed by atoms with Crippen molar-refractivity contribution in [2.75, 3.05) is 11.5 Å². The zero-order valence-electron chi connectivity index (χ0n) is 14.5. The van der Waals surface area contributed by atoms with Gasteiger partial charge in [0, 0.05) is 40.3 Å². The number of nitro groups is 1. The van der Waals surface area contributed by atoms with E-state index < -0.39 is 26.7 Å². The minimum absolute atomic E-state index is 0.00998. The minimum atomic E-state index is -3.22. The van der Waals surface area contributed by atoms with Crippen molar-refractivity contribution in [3.63, 3.8) is 0 Å². The van der Waals surface area contributed by atoms with Gasteiger partial charge in [-0.05, 0) is 36.2 Å². The summed E-state index contributed by atoms with van der Waals surface area (Å²) in [6.45, 7) is 0.103. The third-order valence-corrected chi connectivity index (χ3v) is 6.93. The van der Waals surface area contributed by atoms with Crippen LogP contribution in [0.15, 0.2) is 42.5 Å². The highest BCUT2D eigenvalue weighted by atomic mass is 35.5. The average molecular weight is 443 g/mol. The SMILES string of the molecule is O=C(c1ccc([N+](=O)[O-])cc1)N(Cc1ccc(Cl)cc1Cl)C1CCS(=O)(=O)C1. The molecular formula is C18H16Cl2N2O5S. The van der Waals surface area contributed by atoms with E-state index in [1.165, 1.54) is 29.2 Å². The fraction of sp³-hybridized carbons (Fsp3) is 0.278. The Bertz CT molecular complexity index is 1020. The van der Waals surface area contributed by atoms with Crippen LogP contribution in [0.4, 0.5) is 5.69 Å². The number of halogens is 2. The van der Waals surface area contributed by atoms with Gasteiger partial charge in [0.25, 0.3) is 11.6 Å². The topological polar surface area (TPSA) is 97.6 Å². The molecule has 1 aliphatic heterocycles. The first kappa shape index (κ1) is 20.6. The number of carbonyl (C=O) groups excluding carboxylic acids is 1. The zero-order valence-corrected chi connectivity index (χ0v) is 16.9. The molecule has 10 heteroatoms. The summed E-state index contributed by atoms with van der Waals surface area (Å²) in [6, 6.07) is 9.59. The van der Waals surface area contributed by atoms with Crippen LogP contribution in [0.2, 0.25) is 10.0 Å². The van der Waals surface area contributed by atoms with Crippen molar-refractivity contribution < 1.29 is 18.1 Å². The van der Waals surface area contributed by atoms with Crippen molar-refractivity contribution >= 4 is 44.6 Å². The zero-order chi connectivity index (χ0) is 20.5. The first-order valence-corrected chi connectivity index (χ1v) is 10.9. The van der Waals surface area contributed by atoms with Gasteiger partial charge in [0.05, 0.1) is 16.4 Å². The van der Waals surface area contributed by atoms with Gasteiger partial charge in [-0.2, -0.15) is 0 Å². The van der Waals surface area contributed by atoms with Crippen molar-refractivity contribution in [1.82, 2.24) is 4.90 Å². The smallest absolute Gasteiger partial charge is 0.269 e. The lowest BCUT2D eigenvalue weighted by molar-refractivity contribution is -0.384. The molecule has 2 aromatic carbocycles. The lowest BCUT2D eigenvalue weighted by Gasteiger charge is -2.29. The second-order valence-corrected chi connectivity index (χ2v) is 9.60. The molecule has 0 saturated carbocycles. The van der Waals surface area contributed by atoms with E-state index in [1.807, 2.05) is 0 Å².